The third-order valence-corrected chi connectivity index (χ3v) is 4.97. The molecular formula is C24H25ClN2O2. The standard InChI is InChI=1S/C24H25ClN2O2/c1-3-29-22-16-10-9-15-21(22)27-24(28)23(18-11-5-4-6-12-18)26-17(2)19-13-7-8-14-20(19)25/h4-17,23,26H,3H2,1-2H3,(H,27,28)/t17-,23-/m0/s1. The van der Waals surface area contributed by atoms with Gasteiger partial charge in [0.15, 0.2) is 0 Å². The summed E-state index contributed by atoms with van der Waals surface area (Å²) in [7, 11) is 0. The normalized spacial score (nSPS) is 12.8. The third-order valence-electron chi connectivity index (χ3n) is 4.63. The molecule has 2 atom stereocenters. The fourth-order valence-corrected chi connectivity index (χ4v) is 3.49. The first kappa shape index (κ1) is 20.9. The van der Waals surface area contributed by atoms with E-state index >= 15 is 0 Å². The van der Waals surface area contributed by atoms with Gasteiger partial charge in [-0.3, -0.25) is 10.1 Å². The second-order valence-electron chi connectivity index (χ2n) is 6.67. The van der Waals surface area contributed by atoms with Gasteiger partial charge < -0.3 is 10.1 Å². The van der Waals surface area contributed by atoms with Crippen molar-refractivity contribution in [1.82, 2.24) is 5.32 Å². The highest BCUT2D eigenvalue weighted by Crippen LogP contribution is 2.28. The van der Waals surface area contributed by atoms with Gasteiger partial charge in [0, 0.05) is 11.1 Å². The Kier molecular flexibility index (Phi) is 7.28. The molecule has 29 heavy (non-hydrogen) atoms. The van der Waals surface area contributed by atoms with Crippen LogP contribution in [0.3, 0.4) is 0 Å². The summed E-state index contributed by atoms with van der Waals surface area (Å²) in [5.74, 6) is 0.483. The Morgan fingerprint density at radius 2 is 1.62 bits per heavy atom. The number of carbonyl (C=O) groups is 1. The van der Waals surface area contributed by atoms with Gasteiger partial charge in [-0.05, 0) is 43.2 Å². The molecule has 0 aliphatic heterocycles. The Hall–Kier alpha value is -2.82. The summed E-state index contributed by atoms with van der Waals surface area (Å²) >= 11 is 6.36. The molecule has 3 aromatic carbocycles. The predicted octanol–water partition coefficient (Wildman–Crippen LogP) is 5.77. The lowest BCUT2D eigenvalue weighted by Crippen LogP contribution is -2.34. The Morgan fingerprint density at radius 3 is 2.34 bits per heavy atom. The van der Waals surface area contributed by atoms with E-state index in [0.29, 0.717) is 23.1 Å². The van der Waals surface area contributed by atoms with Crippen molar-refractivity contribution in [1.29, 1.82) is 0 Å². The van der Waals surface area contributed by atoms with E-state index in [1.54, 1.807) is 0 Å². The molecular weight excluding hydrogens is 384 g/mol. The lowest BCUT2D eigenvalue weighted by Gasteiger charge is -2.24. The topological polar surface area (TPSA) is 50.4 Å². The Morgan fingerprint density at radius 1 is 0.966 bits per heavy atom. The number of hydrogen-bond donors (Lipinski definition) is 2. The maximum Gasteiger partial charge on any atom is 0.246 e. The number of hydrogen-bond acceptors (Lipinski definition) is 3. The zero-order valence-corrected chi connectivity index (χ0v) is 17.3. The monoisotopic (exact) mass is 408 g/mol. The van der Waals surface area contributed by atoms with Crippen molar-refractivity contribution in [3.05, 3.63) is 95.0 Å². The van der Waals surface area contributed by atoms with Gasteiger partial charge in [0.25, 0.3) is 0 Å². The van der Waals surface area contributed by atoms with E-state index in [0.717, 1.165) is 11.1 Å². The summed E-state index contributed by atoms with van der Waals surface area (Å²) in [6.45, 7) is 4.44. The van der Waals surface area contributed by atoms with Gasteiger partial charge in [0.05, 0.1) is 12.3 Å². The lowest BCUT2D eigenvalue weighted by molar-refractivity contribution is -0.118. The second kappa shape index (κ2) is 10.1. The van der Waals surface area contributed by atoms with Crippen LogP contribution >= 0.6 is 11.6 Å². The molecule has 3 rings (SSSR count). The van der Waals surface area contributed by atoms with E-state index in [9.17, 15) is 4.79 Å². The quantitative estimate of drug-likeness (QED) is 0.497. The van der Waals surface area contributed by atoms with Gasteiger partial charge in [0.1, 0.15) is 11.8 Å². The smallest absolute Gasteiger partial charge is 0.246 e. The summed E-state index contributed by atoms with van der Waals surface area (Å²) in [6, 6.07) is 24.0. The van der Waals surface area contributed by atoms with Crippen LogP contribution in [0, 0.1) is 0 Å². The van der Waals surface area contributed by atoms with Crippen LogP contribution < -0.4 is 15.4 Å². The Labute approximate surface area is 176 Å². The van der Waals surface area contributed by atoms with Crippen molar-refractivity contribution in [2.75, 3.05) is 11.9 Å². The molecule has 3 aromatic rings. The van der Waals surface area contributed by atoms with Crippen LogP contribution in [-0.4, -0.2) is 12.5 Å². The van der Waals surface area contributed by atoms with Crippen LogP contribution in [0.15, 0.2) is 78.9 Å². The first-order valence-electron chi connectivity index (χ1n) is 9.68. The van der Waals surface area contributed by atoms with Crippen LogP contribution in [0.1, 0.15) is 37.1 Å². The van der Waals surface area contributed by atoms with Crippen LogP contribution in [0.4, 0.5) is 5.69 Å². The minimum atomic E-state index is -0.558. The number of halogens is 1. The first-order valence-corrected chi connectivity index (χ1v) is 10.1. The fourth-order valence-electron chi connectivity index (χ4n) is 3.19. The van der Waals surface area contributed by atoms with E-state index in [-0.39, 0.29) is 11.9 Å². The zero-order chi connectivity index (χ0) is 20.6. The highest BCUT2D eigenvalue weighted by atomic mass is 35.5. The van der Waals surface area contributed by atoms with Crippen molar-refractivity contribution in [3.8, 4) is 5.75 Å². The van der Waals surface area contributed by atoms with Crippen molar-refractivity contribution < 1.29 is 9.53 Å². The number of nitrogens with one attached hydrogen (secondary N) is 2. The van der Waals surface area contributed by atoms with Gasteiger partial charge in [-0.2, -0.15) is 0 Å². The number of carbonyl (C=O) groups excluding carboxylic acids is 1. The summed E-state index contributed by atoms with van der Waals surface area (Å²) in [4.78, 5) is 13.3. The minimum absolute atomic E-state index is 0.123. The van der Waals surface area contributed by atoms with Crippen molar-refractivity contribution in [2.45, 2.75) is 25.9 Å². The van der Waals surface area contributed by atoms with E-state index in [4.69, 9.17) is 16.3 Å². The molecule has 0 saturated heterocycles. The van der Waals surface area contributed by atoms with Crippen molar-refractivity contribution in [2.24, 2.45) is 0 Å². The summed E-state index contributed by atoms with van der Waals surface area (Å²) in [6.07, 6.45) is 0. The summed E-state index contributed by atoms with van der Waals surface area (Å²) in [5, 5.41) is 7.10. The average molecular weight is 409 g/mol. The molecule has 0 heterocycles. The average Bonchev–Trinajstić information content (AvgIpc) is 2.74. The molecule has 0 unspecified atom stereocenters. The molecule has 150 valence electrons. The van der Waals surface area contributed by atoms with E-state index in [2.05, 4.69) is 10.6 Å². The molecule has 2 N–H and O–H groups in total. The largest absolute Gasteiger partial charge is 0.492 e. The predicted molar refractivity (Wildman–Crippen MR) is 118 cm³/mol. The lowest BCUT2D eigenvalue weighted by atomic mass is 10.0. The van der Waals surface area contributed by atoms with Gasteiger partial charge >= 0.3 is 0 Å². The highest BCUT2D eigenvalue weighted by molar-refractivity contribution is 6.31. The van der Waals surface area contributed by atoms with Gasteiger partial charge in [-0.25, -0.2) is 0 Å². The molecule has 5 heteroatoms. The molecule has 1 amide bonds. The maximum absolute atomic E-state index is 13.3. The molecule has 0 spiro atoms. The Bertz CT molecular complexity index is 946. The number of rotatable bonds is 8. The highest BCUT2D eigenvalue weighted by Gasteiger charge is 2.24. The molecule has 4 nitrogen and oxygen atoms in total. The third kappa shape index (κ3) is 5.37. The van der Waals surface area contributed by atoms with Gasteiger partial charge in [0.2, 0.25) is 5.91 Å². The maximum atomic E-state index is 13.3. The number of amides is 1. The number of benzene rings is 3. The number of para-hydroxylation sites is 2. The summed E-state index contributed by atoms with van der Waals surface area (Å²) in [5.41, 5.74) is 2.46. The van der Waals surface area contributed by atoms with E-state index in [1.165, 1.54) is 0 Å². The molecule has 0 aromatic heterocycles. The van der Waals surface area contributed by atoms with Crippen LogP contribution in [0.25, 0.3) is 0 Å². The minimum Gasteiger partial charge on any atom is -0.492 e. The summed E-state index contributed by atoms with van der Waals surface area (Å²) < 4.78 is 5.64. The second-order valence-corrected chi connectivity index (χ2v) is 7.08. The molecule has 0 bridgehead atoms. The SMILES string of the molecule is CCOc1ccccc1NC(=O)[C@@H](N[C@@H](C)c1ccccc1Cl)c1ccccc1. The Balaban J connectivity index is 1.86. The van der Waals surface area contributed by atoms with E-state index in [1.807, 2.05) is 92.7 Å². The van der Waals surface area contributed by atoms with Crippen molar-refractivity contribution in [3.63, 3.8) is 0 Å². The number of ether oxygens (including phenoxy) is 1. The van der Waals surface area contributed by atoms with Crippen LogP contribution in [0.5, 0.6) is 5.75 Å². The molecule has 0 fully saturated rings. The van der Waals surface area contributed by atoms with Crippen molar-refractivity contribution >= 4 is 23.2 Å². The molecule has 0 saturated carbocycles. The molecule has 0 radical (unpaired) electrons. The van der Waals surface area contributed by atoms with Crippen LogP contribution in [-0.2, 0) is 4.79 Å². The first-order chi connectivity index (χ1) is 14.1. The molecule has 0 aliphatic rings. The van der Waals surface area contributed by atoms with Gasteiger partial charge in [-0.15, -0.1) is 0 Å². The fraction of sp³-hybridized carbons (Fsp3) is 0.208. The zero-order valence-electron chi connectivity index (χ0n) is 16.6. The molecule has 0 aliphatic carbocycles. The van der Waals surface area contributed by atoms with E-state index < -0.39 is 6.04 Å². The van der Waals surface area contributed by atoms with Gasteiger partial charge in [-0.1, -0.05) is 72.3 Å². The number of anilines is 1. The van der Waals surface area contributed by atoms with Crippen LogP contribution in [0.2, 0.25) is 5.02 Å².